The number of thioether (sulfide) groups is 2. The van der Waals surface area contributed by atoms with Gasteiger partial charge in [0, 0.05) is 29.1 Å². The minimum Gasteiger partial charge on any atom is -0.468 e. The van der Waals surface area contributed by atoms with E-state index in [4.69, 9.17) is 11.6 Å². The van der Waals surface area contributed by atoms with Crippen molar-refractivity contribution in [2.75, 3.05) is 36.2 Å². The molecule has 0 radical (unpaired) electrons. The molecule has 9 heteroatoms. The average Bonchev–Trinajstić information content (AvgIpc) is 2.52. The van der Waals surface area contributed by atoms with Crippen molar-refractivity contribution >= 4 is 46.8 Å². The number of nitrogens with one attached hydrogen (secondary N) is 1. The molecule has 6 nitrogen and oxygen atoms in total. The molecule has 1 unspecified atom stereocenters. The van der Waals surface area contributed by atoms with Gasteiger partial charge in [-0.15, -0.1) is 0 Å². The first-order valence-electron chi connectivity index (χ1n) is 6.37. The summed E-state index contributed by atoms with van der Waals surface area (Å²) in [6.07, 6.45) is 1.47. The number of rotatable bonds is 5. The Labute approximate surface area is 135 Å². The molecule has 0 aromatic carbocycles. The molecule has 21 heavy (non-hydrogen) atoms. The van der Waals surface area contributed by atoms with Crippen LogP contribution in [0.5, 0.6) is 0 Å². The maximum absolute atomic E-state index is 12.0. The summed E-state index contributed by atoms with van der Waals surface area (Å²) in [6.45, 7) is 0.490. The van der Waals surface area contributed by atoms with Gasteiger partial charge in [-0.2, -0.15) is 28.6 Å². The van der Waals surface area contributed by atoms with E-state index in [0.717, 1.165) is 22.7 Å². The number of aromatic nitrogens is 2. The molecule has 1 aliphatic rings. The molecular weight excluding hydrogens is 334 g/mol. The van der Waals surface area contributed by atoms with E-state index < -0.39 is 11.5 Å². The first kappa shape index (κ1) is 16.5. The molecule has 1 aliphatic heterocycles. The third-order valence-electron chi connectivity index (χ3n) is 2.90. The molecule has 1 atom stereocenters. The average molecular weight is 350 g/mol. The van der Waals surface area contributed by atoms with Gasteiger partial charge in [-0.05, 0) is 0 Å². The number of hydrogen-bond acceptors (Lipinski definition) is 7. The first-order chi connectivity index (χ1) is 10.1. The number of carbonyl (C=O) groups excluding carboxylic acids is 1. The van der Waals surface area contributed by atoms with E-state index in [1.807, 2.05) is 23.5 Å². The van der Waals surface area contributed by atoms with E-state index in [2.05, 4.69) is 15.2 Å². The Morgan fingerprint density at radius 2 is 2.43 bits per heavy atom. The molecule has 1 fully saturated rings. The van der Waals surface area contributed by atoms with Crippen molar-refractivity contribution in [3.8, 4) is 0 Å². The highest BCUT2D eigenvalue weighted by molar-refractivity contribution is 8.06. The minimum atomic E-state index is -0.544. The summed E-state index contributed by atoms with van der Waals surface area (Å²) >= 11 is 9.89. The molecule has 1 N–H and O–H groups in total. The number of nitrogens with zero attached hydrogens (tertiary/aromatic N) is 2. The summed E-state index contributed by atoms with van der Waals surface area (Å²) in [4.78, 5) is 23.2. The molecule has 116 valence electrons. The zero-order chi connectivity index (χ0) is 15.2. The largest absolute Gasteiger partial charge is 0.468 e. The van der Waals surface area contributed by atoms with Crippen molar-refractivity contribution in [1.29, 1.82) is 0 Å². The van der Waals surface area contributed by atoms with Crippen LogP contribution in [0.25, 0.3) is 0 Å². The highest BCUT2D eigenvalue weighted by atomic mass is 35.5. The monoisotopic (exact) mass is 349 g/mol. The predicted octanol–water partition coefficient (Wildman–Crippen LogP) is 1.33. The van der Waals surface area contributed by atoms with Crippen LogP contribution in [0.1, 0.15) is 0 Å². The van der Waals surface area contributed by atoms with Gasteiger partial charge in [0.15, 0.2) is 0 Å². The summed E-state index contributed by atoms with van der Waals surface area (Å²) in [6, 6.07) is 0. The summed E-state index contributed by atoms with van der Waals surface area (Å²) in [5.41, 5.74) is -0.00306. The van der Waals surface area contributed by atoms with Gasteiger partial charge >= 0.3 is 5.97 Å². The highest BCUT2D eigenvalue weighted by Crippen LogP contribution is 2.25. The van der Waals surface area contributed by atoms with E-state index in [1.165, 1.54) is 19.1 Å². The van der Waals surface area contributed by atoms with Crippen LogP contribution in [-0.4, -0.2) is 51.9 Å². The van der Waals surface area contributed by atoms with Crippen LogP contribution >= 0.6 is 35.1 Å². The van der Waals surface area contributed by atoms with E-state index in [0.29, 0.717) is 10.9 Å². The SMILES string of the molecule is COC(=O)Cn1ncc(NCC2CSCCS2)c(Cl)c1=O. The van der Waals surface area contributed by atoms with Gasteiger partial charge in [0.05, 0.1) is 19.0 Å². The van der Waals surface area contributed by atoms with Gasteiger partial charge in [-0.1, -0.05) is 11.6 Å². The molecule has 1 aromatic heterocycles. The molecule has 2 rings (SSSR count). The molecule has 1 aromatic rings. The van der Waals surface area contributed by atoms with Crippen molar-refractivity contribution in [3.63, 3.8) is 0 Å². The normalized spacial score (nSPS) is 18.3. The zero-order valence-corrected chi connectivity index (χ0v) is 13.9. The smallest absolute Gasteiger partial charge is 0.327 e. The fourth-order valence-electron chi connectivity index (χ4n) is 1.77. The van der Waals surface area contributed by atoms with Crippen LogP contribution < -0.4 is 10.9 Å². The molecular formula is C12H16ClN3O3S2. The minimum absolute atomic E-state index is 0.0439. The van der Waals surface area contributed by atoms with Crippen molar-refractivity contribution < 1.29 is 9.53 Å². The van der Waals surface area contributed by atoms with Crippen LogP contribution in [-0.2, 0) is 16.1 Å². The zero-order valence-electron chi connectivity index (χ0n) is 11.5. The Balaban J connectivity index is 2.02. The number of methoxy groups -OCH3 is 1. The van der Waals surface area contributed by atoms with Crippen molar-refractivity contribution in [1.82, 2.24) is 9.78 Å². The van der Waals surface area contributed by atoms with Gasteiger partial charge in [0.1, 0.15) is 11.6 Å². The second kappa shape index (κ2) is 7.95. The summed E-state index contributed by atoms with van der Waals surface area (Å²) in [5.74, 6) is 2.87. The molecule has 1 saturated heterocycles. The Bertz CT molecular complexity index is 561. The third-order valence-corrected chi connectivity index (χ3v) is 6.11. The Morgan fingerprint density at radius 1 is 1.62 bits per heavy atom. The maximum Gasteiger partial charge on any atom is 0.327 e. The van der Waals surface area contributed by atoms with Crippen LogP contribution in [0.2, 0.25) is 5.02 Å². The molecule has 0 saturated carbocycles. The Hall–Kier alpha value is -0.860. The highest BCUT2D eigenvalue weighted by Gasteiger charge is 2.16. The van der Waals surface area contributed by atoms with E-state index >= 15 is 0 Å². The number of carbonyl (C=O) groups is 1. The third kappa shape index (κ3) is 4.55. The number of esters is 1. The maximum atomic E-state index is 12.0. The quantitative estimate of drug-likeness (QED) is 0.804. The van der Waals surface area contributed by atoms with Gasteiger partial charge in [-0.25, -0.2) is 4.68 Å². The van der Waals surface area contributed by atoms with Crippen LogP contribution in [0, 0.1) is 0 Å². The van der Waals surface area contributed by atoms with Gasteiger partial charge < -0.3 is 10.1 Å². The Morgan fingerprint density at radius 3 is 3.10 bits per heavy atom. The second-order valence-electron chi connectivity index (χ2n) is 4.36. The Kier molecular flexibility index (Phi) is 6.25. The molecule has 2 heterocycles. The van der Waals surface area contributed by atoms with Crippen LogP contribution in [0.3, 0.4) is 0 Å². The second-order valence-corrected chi connectivity index (χ2v) is 7.30. The number of anilines is 1. The van der Waals surface area contributed by atoms with E-state index in [9.17, 15) is 9.59 Å². The van der Waals surface area contributed by atoms with Gasteiger partial charge in [0.2, 0.25) is 0 Å². The molecule has 0 bridgehead atoms. The van der Waals surface area contributed by atoms with E-state index in [1.54, 1.807) is 0 Å². The lowest BCUT2D eigenvalue weighted by molar-refractivity contribution is -0.141. The number of halogens is 1. The van der Waals surface area contributed by atoms with Crippen LogP contribution in [0.4, 0.5) is 5.69 Å². The number of ether oxygens (including phenoxy) is 1. The topological polar surface area (TPSA) is 73.2 Å². The van der Waals surface area contributed by atoms with Crippen molar-refractivity contribution in [2.24, 2.45) is 0 Å². The van der Waals surface area contributed by atoms with Crippen molar-refractivity contribution in [2.45, 2.75) is 11.8 Å². The first-order valence-corrected chi connectivity index (χ1v) is 8.95. The van der Waals surface area contributed by atoms with Gasteiger partial charge in [-0.3, -0.25) is 9.59 Å². The lowest BCUT2D eigenvalue weighted by Crippen LogP contribution is -2.29. The predicted molar refractivity (Wildman–Crippen MR) is 87.6 cm³/mol. The number of hydrogen-bond donors (Lipinski definition) is 1. The van der Waals surface area contributed by atoms with Crippen LogP contribution in [0.15, 0.2) is 11.0 Å². The molecule has 0 amide bonds. The molecule has 0 spiro atoms. The van der Waals surface area contributed by atoms with Crippen molar-refractivity contribution in [3.05, 3.63) is 21.6 Å². The lowest BCUT2D eigenvalue weighted by atomic mass is 10.4. The fourth-order valence-corrected chi connectivity index (χ4v) is 4.59. The van der Waals surface area contributed by atoms with Gasteiger partial charge in [0.25, 0.3) is 5.56 Å². The standard InChI is InChI=1S/C12H16ClN3O3S2/c1-19-10(17)6-16-12(18)11(13)9(5-15-16)14-4-8-7-20-2-3-21-8/h5,8,14H,2-4,6-7H2,1H3. The summed E-state index contributed by atoms with van der Waals surface area (Å²) < 4.78 is 5.49. The summed E-state index contributed by atoms with van der Waals surface area (Å²) in [7, 11) is 1.25. The lowest BCUT2D eigenvalue weighted by Gasteiger charge is -2.21. The fraction of sp³-hybridized carbons (Fsp3) is 0.583. The molecule has 0 aliphatic carbocycles. The van der Waals surface area contributed by atoms with E-state index in [-0.39, 0.29) is 11.6 Å². The summed E-state index contributed by atoms with van der Waals surface area (Å²) in [5, 5.41) is 7.64.